The normalized spacial score (nSPS) is 25.8. The third-order valence-corrected chi connectivity index (χ3v) is 7.53. The second-order valence-corrected chi connectivity index (χ2v) is 9.69. The van der Waals surface area contributed by atoms with Crippen LogP contribution in [0.3, 0.4) is 0 Å². The van der Waals surface area contributed by atoms with Crippen LogP contribution < -0.4 is 20.1 Å². The molecule has 6 nitrogen and oxygen atoms in total. The van der Waals surface area contributed by atoms with Crippen LogP contribution in [0.1, 0.15) is 31.2 Å². The summed E-state index contributed by atoms with van der Waals surface area (Å²) in [4.78, 5) is 12.6. The van der Waals surface area contributed by atoms with Crippen LogP contribution in [0.2, 0.25) is 0 Å². The Kier molecular flexibility index (Phi) is 6.22. The molecule has 1 heterocycles. The summed E-state index contributed by atoms with van der Waals surface area (Å²) in [6.07, 6.45) is 3.65. The molecule has 1 aliphatic heterocycles. The number of halogens is 2. The lowest BCUT2D eigenvalue weighted by Gasteiger charge is -2.46. The van der Waals surface area contributed by atoms with Crippen molar-refractivity contribution in [2.45, 2.75) is 43.2 Å². The van der Waals surface area contributed by atoms with Crippen LogP contribution in [-0.4, -0.2) is 57.5 Å². The first-order valence-electron chi connectivity index (χ1n) is 11.3. The topological polar surface area (TPSA) is 59.6 Å². The first kappa shape index (κ1) is 23.3. The number of nitrogens with zero attached hydrogens (tertiary/aromatic N) is 1. The molecule has 2 fully saturated rings. The number of anilines is 1. The number of fused-ring (bicyclic) bond motifs is 1. The zero-order valence-corrected chi connectivity index (χ0v) is 19.6. The number of nitrogens with one attached hydrogen (secondary N) is 2. The molecule has 2 N–H and O–H groups in total. The molecule has 0 unspecified atom stereocenters. The Labute approximate surface area is 193 Å². The molecule has 33 heavy (non-hydrogen) atoms. The van der Waals surface area contributed by atoms with E-state index in [9.17, 15) is 13.6 Å². The Balaban J connectivity index is 1.51. The molecule has 8 heteroatoms. The van der Waals surface area contributed by atoms with Crippen molar-refractivity contribution < 1.29 is 27.5 Å². The second-order valence-electron chi connectivity index (χ2n) is 9.69. The highest BCUT2D eigenvalue weighted by Gasteiger charge is 2.57. The Morgan fingerprint density at radius 2 is 1.79 bits per heavy atom. The van der Waals surface area contributed by atoms with Crippen LogP contribution in [0.4, 0.5) is 19.3 Å². The molecule has 2 aromatic rings. The van der Waals surface area contributed by atoms with E-state index >= 15 is 0 Å². The van der Waals surface area contributed by atoms with Crippen molar-refractivity contribution in [1.82, 2.24) is 5.32 Å². The van der Waals surface area contributed by atoms with Crippen LogP contribution in [0.25, 0.3) is 0 Å². The van der Waals surface area contributed by atoms with E-state index in [-0.39, 0.29) is 17.1 Å². The van der Waals surface area contributed by atoms with E-state index < -0.39 is 17.7 Å². The van der Waals surface area contributed by atoms with Gasteiger partial charge in [-0.3, -0.25) is 0 Å². The number of urea groups is 1. The van der Waals surface area contributed by atoms with Crippen molar-refractivity contribution in [2.24, 2.45) is 0 Å². The average molecular weight is 461 g/mol. The van der Waals surface area contributed by atoms with Crippen molar-refractivity contribution in [3.63, 3.8) is 0 Å². The number of quaternary nitrogens is 1. The molecule has 1 saturated carbocycles. The fourth-order valence-corrected chi connectivity index (χ4v) is 5.79. The molecule has 1 aliphatic carbocycles. The molecule has 0 radical (unpaired) electrons. The van der Waals surface area contributed by atoms with Gasteiger partial charge >= 0.3 is 6.03 Å². The Morgan fingerprint density at radius 1 is 1.03 bits per heavy atom. The van der Waals surface area contributed by atoms with E-state index in [1.54, 1.807) is 14.2 Å². The minimum Gasteiger partial charge on any atom is -0.493 e. The maximum absolute atomic E-state index is 13.5. The lowest BCUT2D eigenvalue weighted by atomic mass is 9.64. The second kappa shape index (κ2) is 8.82. The highest BCUT2D eigenvalue weighted by Crippen LogP contribution is 2.52. The van der Waals surface area contributed by atoms with Crippen molar-refractivity contribution in [2.75, 3.05) is 40.2 Å². The summed E-state index contributed by atoms with van der Waals surface area (Å²) in [7, 11) is 7.78. The maximum Gasteiger partial charge on any atom is 0.319 e. The summed E-state index contributed by atoms with van der Waals surface area (Å²) < 4.78 is 38.5. The van der Waals surface area contributed by atoms with Gasteiger partial charge in [0.05, 0.1) is 40.3 Å². The van der Waals surface area contributed by atoms with Gasteiger partial charge in [-0.05, 0) is 42.7 Å². The van der Waals surface area contributed by atoms with Crippen LogP contribution in [0.5, 0.6) is 11.5 Å². The third kappa shape index (κ3) is 4.36. The highest BCUT2D eigenvalue weighted by molar-refractivity contribution is 5.89. The standard InChI is InChI=1S/C25H31F2N3O3/c1-30(2)12-11-25(16-5-8-21(32-3)22(13-16)33-4)10-9-18(15-23(25)30)29-24(31)28-17-6-7-19(26)20(27)14-17/h5-8,13-14,18,23H,9-12,15H2,1-4H3,(H-,28,29,31)/p+1/t18-,23+,25+/m1/s1. The maximum atomic E-state index is 13.5. The van der Waals surface area contributed by atoms with Gasteiger partial charge in [0.15, 0.2) is 23.1 Å². The fourth-order valence-electron chi connectivity index (χ4n) is 5.79. The Hall–Kier alpha value is -2.87. The predicted octanol–water partition coefficient (Wildman–Crippen LogP) is 4.44. The van der Waals surface area contributed by atoms with Gasteiger partial charge < -0.3 is 24.6 Å². The van der Waals surface area contributed by atoms with E-state index in [2.05, 4.69) is 36.9 Å². The first-order chi connectivity index (χ1) is 15.7. The minimum absolute atomic E-state index is 0.00219. The third-order valence-electron chi connectivity index (χ3n) is 7.53. The van der Waals surface area contributed by atoms with Gasteiger partial charge in [-0.15, -0.1) is 0 Å². The van der Waals surface area contributed by atoms with E-state index in [1.807, 2.05) is 6.07 Å². The average Bonchev–Trinajstić information content (AvgIpc) is 3.07. The van der Waals surface area contributed by atoms with E-state index in [0.29, 0.717) is 11.8 Å². The number of hydrogen-bond donors (Lipinski definition) is 2. The SMILES string of the molecule is COc1ccc([C@@]23CC[C@@H](NC(=O)Nc4ccc(F)c(F)c4)C[C@@H]2[N+](C)(C)CC3)cc1OC. The Bertz CT molecular complexity index is 1050. The molecular formula is C25H32F2N3O3+. The quantitative estimate of drug-likeness (QED) is 0.649. The number of likely N-dealkylation sites (N-methyl/N-ethyl adjacent to an activating group) is 1. The number of likely N-dealkylation sites (tertiary alicyclic amines) is 1. The van der Waals surface area contributed by atoms with Crippen molar-refractivity contribution >= 4 is 11.7 Å². The van der Waals surface area contributed by atoms with Crippen molar-refractivity contribution in [3.05, 3.63) is 53.6 Å². The number of carbonyl (C=O) groups is 1. The molecule has 1 saturated heterocycles. The minimum atomic E-state index is -0.991. The molecule has 0 spiro atoms. The molecular weight excluding hydrogens is 428 g/mol. The van der Waals surface area contributed by atoms with Gasteiger partial charge in [0.2, 0.25) is 0 Å². The van der Waals surface area contributed by atoms with Gasteiger partial charge in [-0.25, -0.2) is 13.6 Å². The van der Waals surface area contributed by atoms with E-state index in [0.717, 1.165) is 54.6 Å². The lowest BCUT2D eigenvalue weighted by molar-refractivity contribution is -0.905. The smallest absolute Gasteiger partial charge is 0.319 e. The van der Waals surface area contributed by atoms with Crippen LogP contribution >= 0.6 is 0 Å². The summed E-state index contributed by atoms with van der Waals surface area (Å²) in [6.45, 7) is 1.05. The van der Waals surface area contributed by atoms with Crippen LogP contribution in [-0.2, 0) is 5.41 Å². The highest BCUT2D eigenvalue weighted by atomic mass is 19.2. The number of carbonyl (C=O) groups excluding carboxylic acids is 1. The molecule has 2 amide bonds. The van der Waals surface area contributed by atoms with Gasteiger partial charge in [0.1, 0.15) is 6.04 Å². The zero-order valence-electron chi connectivity index (χ0n) is 19.6. The van der Waals surface area contributed by atoms with Crippen molar-refractivity contribution in [1.29, 1.82) is 0 Å². The predicted molar refractivity (Wildman–Crippen MR) is 123 cm³/mol. The van der Waals surface area contributed by atoms with E-state index in [1.165, 1.54) is 11.6 Å². The largest absolute Gasteiger partial charge is 0.493 e. The van der Waals surface area contributed by atoms with E-state index in [4.69, 9.17) is 9.47 Å². The van der Waals surface area contributed by atoms with Crippen molar-refractivity contribution in [3.8, 4) is 11.5 Å². The summed E-state index contributed by atoms with van der Waals surface area (Å²) in [5, 5.41) is 5.65. The number of amides is 2. The van der Waals surface area contributed by atoms with Gasteiger partial charge in [0.25, 0.3) is 0 Å². The summed E-state index contributed by atoms with van der Waals surface area (Å²) in [5.41, 5.74) is 1.47. The molecule has 0 bridgehead atoms. The monoisotopic (exact) mass is 460 g/mol. The molecule has 2 aromatic carbocycles. The molecule has 0 aromatic heterocycles. The lowest BCUT2D eigenvalue weighted by Crippen LogP contribution is -2.57. The van der Waals surface area contributed by atoms with Gasteiger partial charge in [-0.1, -0.05) is 6.07 Å². The number of methoxy groups -OCH3 is 2. The number of benzene rings is 2. The number of ether oxygens (including phenoxy) is 2. The molecule has 2 aliphatic rings. The zero-order chi connectivity index (χ0) is 23.8. The van der Waals surface area contributed by atoms with Crippen LogP contribution in [0.15, 0.2) is 36.4 Å². The fraction of sp³-hybridized carbons (Fsp3) is 0.480. The summed E-state index contributed by atoms with van der Waals surface area (Å²) in [6, 6.07) is 9.44. The summed E-state index contributed by atoms with van der Waals surface area (Å²) in [5.74, 6) is -0.493. The number of rotatable bonds is 5. The van der Waals surface area contributed by atoms with Crippen LogP contribution in [0, 0.1) is 11.6 Å². The van der Waals surface area contributed by atoms with Gasteiger partial charge in [-0.2, -0.15) is 0 Å². The molecule has 3 atom stereocenters. The molecule has 4 rings (SSSR count). The number of hydrogen-bond acceptors (Lipinski definition) is 3. The Morgan fingerprint density at radius 3 is 2.48 bits per heavy atom. The molecule has 178 valence electrons. The first-order valence-corrected chi connectivity index (χ1v) is 11.3. The summed E-state index contributed by atoms with van der Waals surface area (Å²) >= 11 is 0. The van der Waals surface area contributed by atoms with Gasteiger partial charge in [0, 0.05) is 30.6 Å².